The Labute approximate surface area is 99.6 Å². The number of sulfonamides is 1. The highest BCUT2D eigenvalue weighted by Crippen LogP contribution is 2.28. The first-order valence-corrected chi connectivity index (χ1v) is 6.71. The average molecular weight is 277 g/mol. The van der Waals surface area contributed by atoms with Crippen molar-refractivity contribution in [2.75, 3.05) is 13.7 Å². The third-order valence-corrected chi connectivity index (χ3v) is 4.11. The number of hydrogen-bond acceptors (Lipinski definition) is 3. The quantitative estimate of drug-likeness (QED) is 0.774. The summed E-state index contributed by atoms with van der Waals surface area (Å²) in [5.41, 5.74) is -6.39. The van der Waals surface area contributed by atoms with Crippen molar-refractivity contribution in [2.24, 2.45) is 0 Å². The van der Waals surface area contributed by atoms with E-state index in [1.165, 1.54) is 7.11 Å². The van der Waals surface area contributed by atoms with E-state index < -0.39 is 21.1 Å². The Bertz CT molecular complexity index is 323. The molecule has 0 heterocycles. The van der Waals surface area contributed by atoms with Gasteiger partial charge in [-0.05, 0) is 19.3 Å². The molecule has 0 aromatic carbocycles. The fourth-order valence-corrected chi connectivity index (χ4v) is 2.52. The normalized spacial score (nSPS) is 14.0. The number of methoxy groups -OCH3 is 1. The van der Waals surface area contributed by atoms with E-state index in [2.05, 4.69) is 0 Å². The van der Waals surface area contributed by atoms with Crippen LogP contribution in [0.1, 0.15) is 33.1 Å². The predicted molar refractivity (Wildman–Crippen MR) is 57.9 cm³/mol. The highest BCUT2D eigenvalue weighted by Gasteiger charge is 2.49. The van der Waals surface area contributed by atoms with Crippen LogP contribution in [-0.4, -0.2) is 33.2 Å². The van der Waals surface area contributed by atoms with E-state index in [1.54, 1.807) is 18.6 Å². The maximum Gasteiger partial charge on any atom is 0.511 e. The van der Waals surface area contributed by atoms with Crippen LogP contribution in [0.4, 0.5) is 13.2 Å². The zero-order valence-corrected chi connectivity index (χ0v) is 10.9. The van der Waals surface area contributed by atoms with Gasteiger partial charge in [0.05, 0.1) is 0 Å². The second-order valence-corrected chi connectivity index (χ2v) is 5.46. The second kappa shape index (κ2) is 6.01. The molecule has 4 nitrogen and oxygen atoms in total. The minimum atomic E-state index is -5.32. The molecule has 0 aromatic rings. The molecule has 0 spiro atoms. The van der Waals surface area contributed by atoms with Crippen molar-refractivity contribution < 1.29 is 26.3 Å². The molecule has 0 atom stereocenters. The topological polar surface area (TPSA) is 55.4 Å². The lowest BCUT2D eigenvalue weighted by Gasteiger charge is -2.32. The second-order valence-electron chi connectivity index (χ2n) is 3.78. The molecular formula is C9H18F3NO3S. The first-order chi connectivity index (χ1) is 7.64. The van der Waals surface area contributed by atoms with E-state index in [-0.39, 0.29) is 25.9 Å². The lowest BCUT2D eigenvalue weighted by atomic mass is 9.91. The van der Waals surface area contributed by atoms with Gasteiger partial charge in [0.25, 0.3) is 0 Å². The summed E-state index contributed by atoms with van der Waals surface area (Å²) < 4.78 is 65.5. The Balaban J connectivity index is 5.00. The first kappa shape index (κ1) is 16.7. The largest absolute Gasteiger partial charge is 0.511 e. The highest BCUT2D eigenvalue weighted by molar-refractivity contribution is 7.90. The lowest BCUT2D eigenvalue weighted by molar-refractivity contribution is -0.0460. The van der Waals surface area contributed by atoms with E-state index in [0.717, 1.165) is 0 Å². The van der Waals surface area contributed by atoms with Gasteiger partial charge in [0, 0.05) is 19.3 Å². The van der Waals surface area contributed by atoms with E-state index in [0.29, 0.717) is 0 Å². The Morgan fingerprint density at radius 2 is 1.65 bits per heavy atom. The molecule has 0 aliphatic carbocycles. The summed E-state index contributed by atoms with van der Waals surface area (Å²) in [6.45, 7) is 3.47. The molecule has 0 saturated heterocycles. The number of hydrogen-bond donors (Lipinski definition) is 1. The number of rotatable bonds is 7. The Morgan fingerprint density at radius 3 is 1.94 bits per heavy atom. The molecule has 1 N–H and O–H groups in total. The fourth-order valence-electron chi connectivity index (χ4n) is 1.44. The van der Waals surface area contributed by atoms with Crippen molar-refractivity contribution in [2.45, 2.75) is 44.2 Å². The summed E-state index contributed by atoms with van der Waals surface area (Å²) in [7, 11) is -3.90. The van der Waals surface area contributed by atoms with Crippen molar-refractivity contribution in [3.8, 4) is 0 Å². The van der Waals surface area contributed by atoms with Crippen LogP contribution >= 0.6 is 0 Å². The van der Waals surface area contributed by atoms with Crippen LogP contribution < -0.4 is 4.72 Å². The van der Waals surface area contributed by atoms with Gasteiger partial charge in [-0.15, -0.1) is 0 Å². The molecule has 8 heteroatoms. The summed E-state index contributed by atoms with van der Waals surface area (Å²) in [6.07, 6.45) is 0.732. The standard InChI is InChI=1S/C9H18F3NO3S/c1-4-8(5-2,6-7-16-3)13-17(14,15)9(10,11)12/h13H,4-7H2,1-3H3. The summed E-state index contributed by atoms with van der Waals surface area (Å²) in [5.74, 6) is 0. The van der Waals surface area contributed by atoms with Crippen LogP contribution in [-0.2, 0) is 14.8 Å². The van der Waals surface area contributed by atoms with E-state index in [9.17, 15) is 21.6 Å². The van der Waals surface area contributed by atoms with E-state index in [1.807, 2.05) is 0 Å². The maximum atomic E-state index is 12.3. The summed E-state index contributed by atoms with van der Waals surface area (Å²) in [6, 6.07) is 0. The van der Waals surface area contributed by atoms with Crippen molar-refractivity contribution in [1.82, 2.24) is 4.72 Å². The third-order valence-electron chi connectivity index (χ3n) is 2.79. The molecule has 0 bridgehead atoms. The van der Waals surface area contributed by atoms with Gasteiger partial charge in [-0.25, -0.2) is 13.1 Å². The van der Waals surface area contributed by atoms with Crippen LogP contribution in [0, 0.1) is 0 Å². The molecule has 0 unspecified atom stereocenters. The molecule has 0 aromatic heterocycles. The molecule has 0 amide bonds. The molecule has 0 aliphatic rings. The van der Waals surface area contributed by atoms with Gasteiger partial charge < -0.3 is 4.74 Å². The zero-order chi connectivity index (χ0) is 13.7. The van der Waals surface area contributed by atoms with Gasteiger partial charge in [0.1, 0.15) is 0 Å². The average Bonchev–Trinajstić information content (AvgIpc) is 2.22. The predicted octanol–water partition coefficient (Wildman–Crippen LogP) is 2.02. The number of nitrogens with one attached hydrogen (secondary N) is 1. The molecule has 0 saturated carbocycles. The molecule has 0 aliphatic heterocycles. The lowest BCUT2D eigenvalue weighted by Crippen LogP contribution is -2.52. The fraction of sp³-hybridized carbons (Fsp3) is 1.00. The van der Waals surface area contributed by atoms with Crippen molar-refractivity contribution in [3.63, 3.8) is 0 Å². The minimum Gasteiger partial charge on any atom is -0.385 e. The number of halogens is 3. The Hall–Kier alpha value is -0.340. The van der Waals surface area contributed by atoms with Gasteiger partial charge in [-0.1, -0.05) is 13.8 Å². The summed E-state index contributed by atoms with van der Waals surface area (Å²) in [4.78, 5) is 0. The van der Waals surface area contributed by atoms with Gasteiger partial charge in [0.15, 0.2) is 0 Å². The van der Waals surface area contributed by atoms with Crippen molar-refractivity contribution >= 4 is 10.0 Å². The van der Waals surface area contributed by atoms with Gasteiger partial charge in [-0.2, -0.15) is 13.2 Å². The zero-order valence-electron chi connectivity index (χ0n) is 10.1. The first-order valence-electron chi connectivity index (χ1n) is 5.23. The minimum absolute atomic E-state index is 0.196. The number of ether oxygens (including phenoxy) is 1. The van der Waals surface area contributed by atoms with Gasteiger partial charge >= 0.3 is 15.5 Å². The van der Waals surface area contributed by atoms with Crippen LogP contribution in [0.5, 0.6) is 0 Å². The van der Waals surface area contributed by atoms with Gasteiger partial charge in [-0.3, -0.25) is 0 Å². The van der Waals surface area contributed by atoms with Gasteiger partial charge in [0.2, 0.25) is 0 Å². The summed E-state index contributed by atoms with van der Waals surface area (Å²) >= 11 is 0. The number of alkyl halides is 3. The molecule has 0 fully saturated rings. The maximum absolute atomic E-state index is 12.3. The monoisotopic (exact) mass is 277 g/mol. The molecular weight excluding hydrogens is 259 g/mol. The van der Waals surface area contributed by atoms with E-state index in [4.69, 9.17) is 4.74 Å². The van der Waals surface area contributed by atoms with Crippen molar-refractivity contribution in [1.29, 1.82) is 0 Å². The molecule has 0 rings (SSSR count). The van der Waals surface area contributed by atoms with E-state index >= 15 is 0 Å². The highest BCUT2D eigenvalue weighted by atomic mass is 32.2. The Kier molecular flexibility index (Phi) is 5.89. The molecule has 17 heavy (non-hydrogen) atoms. The SMILES string of the molecule is CCC(CC)(CCOC)NS(=O)(=O)C(F)(F)F. The third kappa shape index (κ3) is 4.44. The summed E-state index contributed by atoms with van der Waals surface area (Å²) in [5, 5.41) is 0. The van der Waals surface area contributed by atoms with Crippen LogP contribution in [0.3, 0.4) is 0 Å². The van der Waals surface area contributed by atoms with Crippen LogP contribution in [0.15, 0.2) is 0 Å². The van der Waals surface area contributed by atoms with Crippen LogP contribution in [0.2, 0.25) is 0 Å². The smallest absolute Gasteiger partial charge is 0.385 e. The van der Waals surface area contributed by atoms with Crippen molar-refractivity contribution in [3.05, 3.63) is 0 Å². The van der Waals surface area contributed by atoms with Crippen LogP contribution in [0.25, 0.3) is 0 Å². The molecule has 0 radical (unpaired) electrons. The molecule has 104 valence electrons. The Morgan fingerprint density at radius 1 is 1.18 bits per heavy atom.